The molecule has 1 aromatic carbocycles. The number of rotatable bonds is 7. The summed E-state index contributed by atoms with van der Waals surface area (Å²) in [4.78, 5) is 26.4. The summed E-state index contributed by atoms with van der Waals surface area (Å²) in [5, 5.41) is 8.57. The van der Waals surface area contributed by atoms with Crippen LogP contribution in [0.25, 0.3) is 0 Å². The molecule has 1 saturated heterocycles. The van der Waals surface area contributed by atoms with Crippen molar-refractivity contribution in [3.05, 3.63) is 42.5 Å². The monoisotopic (exact) mass is 344 g/mol. The molecule has 136 valence electrons. The topological polar surface area (TPSA) is 73.5 Å². The lowest BCUT2D eigenvalue weighted by atomic mass is 10.1. The highest BCUT2D eigenvalue weighted by Crippen LogP contribution is 2.12. The summed E-state index contributed by atoms with van der Waals surface area (Å²) < 4.78 is 0. The second-order valence-corrected chi connectivity index (χ2v) is 6.29. The standard InChI is InChI=1S/C19H28N4O2/c1-3-11-20-18(24)15-5-7-16(8-6-15)21-19(25)22-17-9-13-23(12-4-2)14-10-17/h3,5-8,17H,1,4,9-14H2,2H3,(H,20,24)(H2,21,22,25). The normalized spacial score (nSPS) is 15.4. The highest BCUT2D eigenvalue weighted by molar-refractivity contribution is 5.95. The van der Waals surface area contributed by atoms with E-state index in [1.54, 1.807) is 30.3 Å². The Kier molecular flexibility index (Phi) is 7.47. The molecule has 0 atom stereocenters. The molecule has 0 aliphatic carbocycles. The molecule has 1 aliphatic rings. The van der Waals surface area contributed by atoms with Gasteiger partial charge in [-0.15, -0.1) is 6.58 Å². The van der Waals surface area contributed by atoms with Crippen LogP contribution in [0.15, 0.2) is 36.9 Å². The Morgan fingerprint density at radius 1 is 1.24 bits per heavy atom. The van der Waals surface area contributed by atoms with E-state index >= 15 is 0 Å². The van der Waals surface area contributed by atoms with Gasteiger partial charge in [0.25, 0.3) is 5.91 Å². The number of urea groups is 1. The van der Waals surface area contributed by atoms with Crippen molar-refractivity contribution in [2.75, 3.05) is 31.5 Å². The maximum Gasteiger partial charge on any atom is 0.319 e. The molecular formula is C19H28N4O2. The van der Waals surface area contributed by atoms with Crippen LogP contribution < -0.4 is 16.0 Å². The van der Waals surface area contributed by atoms with Crippen molar-refractivity contribution in [3.8, 4) is 0 Å². The number of nitrogens with zero attached hydrogens (tertiary/aromatic N) is 1. The number of benzene rings is 1. The van der Waals surface area contributed by atoms with Crippen LogP contribution in [0.5, 0.6) is 0 Å². The van der Waals surface area contributed by atoms with Crippen LogP contribution in [0.3, 0.4) is 0 Å². The van der Waals surface area contributed by atoms with E-state index in [2.05, 4.69) is 34.4 Å². The molecule has 2 rings (SSSR count). The molecule has 1 fully saturated rings. The Labute approximate surface area is 149 Å². The van der Waals surface area contributed by atoms with Crippen molar-refractivity contribution in [2.24, 2.45) is 0 Å². The van der Waals surface area contributed by atoms with Gasteiger partial charge in [0.15, 0.2) is 0 Å². The molecule has 6 nitrogen and oxygen atoms in total. The zero-order valence-electron chi connectivity index (χ0n) is 14.9. The van der Waals surface area contributed by atoms with Crippen molar-refractivity contribution in [1.82, 2.24) is 15.5 Å². The summed E-state index contributed by atoms with van der Waals surface area (Å²) in [6.45, 7) is 9.38. The minimum absolute atomic E-state index is 0.158. The number of hydrogen-bond donors (Lipinski definition) is 3. The summed E-state index contributed by atoms with van der Waals surface area (Å²) in [5.74, 6) is -0.158. The Bertz CT molecular complexity index is 578. The molecule has 0 unspecified atom stereocenters. The molecule has 3 amide bonds. The number of amides is 3. The molecule has 0 radical (unpaired) electrons. The van der Waals surface area contributed by atoms with E-state index in [-0.39, 0.29) is 18.0 Å². The molecule has 6 heteroatoms. The van der Waals surface area contributed by atoms with E-state index in [1.807, 2.05) is 0 Å². The van der Waals surface area contributed by atoms with Gasteiger partial charge in [0.05, 0.1) is 0 Å². The van der Waals surface area contributed by atoms with Crippen LogP contribution in [0, 0.1) is 0 Å². The molecule has 0 bridgehead atoms. The lowest BCUT2D eigenvalue weighted by Gasteiger charge is -2.32. The van der Waals surface area contributed by atoms with Crippen LogP contribution in [0.2, 0.25) is 0 Å². The zero-order valence-corrected chi connectivity index (χ0v) is 14.9. The van der Waals surface area contributed by atoms with Gasteiger partial charge in [0, 0.05) is 36.9 Å². The quantitative estimate of drug-likeness (QED) is 0.666. The van der Waals surface area contributed by atoms with Gasteiger partial charge in [-0.05, 0) is 50.1 Å². The van der Waals surface area contributed by atoms with E-state index in [0.29, 0.717) is 17.8 Å². The van der Waals surface area contributed by atoms with Crippen molar-refractivity contribution in [2.45, 2.75) is 32.2 Å². The zero-order chi connectivity index (χ0) is 18.1. The molecule has 0 spiro atoms. The molecule has 0 aromatic heterocycles. The number of nitrogens with one attached hydrogen (secondary N) is 3. The fourth-order valence-electron chi connectivity index (χ4n) is 2.94. The third-order valence-corrected chi connectivity index (χ3v) is 4.27. The Morgan fingerprint density at radius 2 is 1.92 bits per heavy atom. The highest BCUT2D eigenvalue weighted by atomic mass is 16.2. The van der Waals surface area contributed by atoms with Gasteiger partial charge in [-0.25, -0.2) is 4.79 Å². The summed E-state index contributed by atoms with van der Waals surface area (Å²) >= 11 is 0. The van der Waals surface area contributed by atoms with Gasteiger partial charge >= 0.3 is 6.03 Å². The average Bonchev–Trinajstić information content (AvgIpc) is 2.62. The molecule has 0 saturated carbocycles. The molecule has 1 aliphatic heterocycles. The van der Waals surface area contributed by atoms with Crippen LogP contribution in [-0.2, 0) is 0 Å². The van der Waals surface area contributed by atoms with E-state index in [4.69, 9.17) is 0 Å². The Balaban J connectivity index is 1.77. The molecule has 3 N–H and O–H groups in total. The SMILES string of the molecule is C=CCNC(=O)c1ccc(NC(=O)NC2CCN(CCC)CC2)cc1. The highest BCUT2D eigenvalue weighted by Gasteiger charge is 2.20. The first-order valence-corrected chi connectivity index (χ1v) is 8.91. The van der Waals surface area contributed by atoms with Gasteiger partial charge in [-0.2, -0.15) is 0 Å². The average molecular weight is 344 g/mol. The maximum absolute atomic E-state index is 12.1. The third kappa shape index (κ3) is 6.23. The minimum atomic E-state index is -0.196. The van der Waals surface area contributed by atoms with Crippen molar-refractivity contribution >= 4 is 17.6 Å². The van der Waals surface area contributed by atoms with Gasteiger partial charge in [0.2, 0.25) is 0 Å². The number of carbonyl (C=O) groups is 2. The summed E-state index contributed by atoms with van der Waals surface area (Å²) in [6, 6.07) is 6.86. The predicted molar refractivity (Wildman–Crippen MR) is 101 cm³/mol. The van der Waals surface area contributed by atoms with Crippen molar-refractivity contribution < 1.29 is 9.59 Å². The first kappa shape index (κ1) is 19.0. The smallest absolute Gasteiger partial charge is 0.319 e. The van der Waals surface area contributed by atoms with Crippen LogP contribution in [0.4, 0.5) is 10.5 Å². The maximum atomic E-state index is 12.1. The first-order chi connectivity index (χ1) is 12.1. The second-order valence-electron chi connectivity index (χ2n) is 6.29. The minimum Gasteiger partial charge on any atom is -0.349 e. The van der Waals surface area contributed by atoms with Gasteiger partial charge in [-0.1, -0.05) is 13.0 Å². The van der Waals surface area contributed by atoms with Crippen LogP contribution in [-0.4, -0.2) is 49.1 Å². The van der Waals surface area contributed by atoms with Crippen LogP contribution >= 0.6 is 0 Å². The number of likely N-dealkylation sites (tertiary alicyclic amines) is 1. The lowest BCUT2D eigenvalue weighted by molar-refractivity contribution is 0.0958. The van der Waals surface area contributed by atoms with Gasteiger partial charge in [-0.3, -0.25) is 4.79 Å². The van der Waals surface area contributed by atoms with E-state index < -0.39 is 0 Å². The van der Waals surface area contributed by atoms with E-state index in [0.717, 1.165) is 32.5 Å². The number of hydrogen-bond acceptors (Lipinski definition) is 3. The number of piperidine rings is 1. The lowest BCUT2D eigenvalue weighted by Crippen LogP contribution is -2.46. The fourth-order valence-corrected chi connectivity index (χ4v) is 2.94. The first-order valence-electron chi connectivity index (χ1n) is 8.91. The largest absolute Gasteiger partial charge is 0.349 e. The van der Waals surface area contributed by atoms with Gasteiger partial charge in [0.1, 0.15) is 0 Å². The fraction of sp³-hybridized carbons (Fsp3) is 0.474. The Hall–Kier alpha value is -2.34. The number of anilines is 1. The summed E-state index contributed by atoms with van der Waals surface area (Å²) in [6.07, 6.45) is 4.76. The molecule has 25 heavy (non-hydrogen) atoms. The predicted octanol–water partition coefficient (Wildman–Crippen LogP) is 2.60. The van der Waals surface area contributed by atoms with E-state index in [1.165, 1.54) is 6.42 Å². The summed E-state index contributed by atoms with van der Waals surface area (Å²) in [7, 11) is 0. The van der Waals surface area contributed by atoms with Crippen molar-refractivity contribution in [3.63, 3.8) is 0 Å². The summed E-state index contributed by atoms with van der Waals surface area (Å²) in [5.41, 5.74) is 1.22. The van der Waals surface area contributed by atoms with Gasteiger partial charge < -0.3 is 20.9 Å². The number of carbonyl (C=O) groups excluding carboxylic acids is 2. The molecular weight excluding hydrogens is 316 g/mol. The molecule has 1 heterocycles. The van der Waals surface area contributed by atoms with Crippen molar-refractivity contribution in [1.29, 1.82) is 0 Å². The Morgan fingerprint density at radius 3 is 2.52 bits per heavy atom. The van der Waals surface area contributed by atoms with Crippen LogP contribution in [0.1, 0.15) is 36.5 Å². The molecule has 1 aromatic rings. The third-order valence-electron chi connectivity index (χ3n) is 4.27. The second kappa shape index (κ2) is 9.84. The van der Waals surface area contributed by atoms with E-state index in [9.17, 15) is 9.59 Å².